The number of Topliss-reactive ketones (excluding diaryl/α,β-unsaturated/α-hetero) is 1. The first-order valence-electron chi connectivity index (χ1n) is 6.28. The van der Waals surface area contributed by atoms with Gasteiger partial charge in [-0.05, 0) is 52.2 Å². The molecule has 19 heavy (non-hydrogen) atoms. The standard InChI is InChI=1S/C14H18N2O3/c1-10(17)11-5-6-12-13(9-11)19-14(18)16(12)8-4-7-15(2)3/h5-6,9H,4,7-8H2,1-3H3. The number of ketones is 1. The molecule has 5 nitrogen and oxygen atoms in total. The normalized spacial score (nSPS) is 11.4. The molecular formula is C14H18N2O3. The molecule has 0 N–H and O–H groups in total. The summed E-state index contributed by atoms with van der Waals surface area (Å²) in [6.07, 6.45) is 0.871. The van der Waals surface area contributed by atoms with Gasteiger partial charge in [0.1, 0.15) is 0 Å². The maximum absolute atomic E-state index is 11.8. The van der Waals surface area contributed by atoms with Crippen molar-refractivity contribution in [2.45, 2.75) is 19.9 Å². The first-order chi connectivity index (χ1) is 8.99. The molecule has 0 fully saturated rings. The Morgan fingerprint density at radius 2 is 2.11 bits per heavy atom. The van der Waals surface area contributed by atoms with Gasteiger partial charge in [-0.15, -0.1) is 0 Å². The van der Waals surface area contributed by atoms with Crippen molar-refractivity contribution in [2.24, 2.45) is 0 Å². The molecule has 0 bridgehead atoms. The van der Waals surface area contributed by atoms with Crippen LogP contribution in [0.1, 0.15) is 23.7 Å². The maximum atomic E-state index is 11.8. The molecule has 102 valence electrons. The topological polar surface area (TPSA) is 55.5 Å². The zero-order valence-electron chi connectivity index (χ0n) is 11.5. The van der Waals surface area contributed by atoms with Crippen LogP contribution < -0.4 is 5.76 Å². The average Bonchev–Trinajstić information content (AvgIpc) is 2.64. The summed E-state index contributed by atoms with van der Waals surface area (Å²) in [6.45, 7) is 3.02. The second-order valence-corrected chi connectivity index (χ2v) is 4.92. The zero-order chi connectivity index (χ0) is 14.0. The van der Waals surface area contributed by atoms with E-state index in [4.69, 9.17) is 4.42 Å². The summed E-state index contributed by atoms with van der Waals surface area (Å²) in [5, 5.41) is 0. The highest BCUT2D eigenvalue weighted by Gasteiger charge is 2.10. The molecule has 0 aliphatic rings. The van der Waals surface area contributed by atoms with E-state index in [0.717, 1.165) is 18.5 Å². The SMILES string of the molecule is CC(=O)c1ccc2c(c1)oc(=O)n2CCCN(C)C. The average molecular weight is 262 g/mol. The molecular weight excluding hydrogens is 244 g/mol. The van der Waals surface area contributed by atoms with Crippen molar-refractivity contribution >= 4 is 16.9 Å². The molecule has 5 heteroatoms. The number of carbonyl (C=O) groups is 1. The van der Waals surface area contributed by atoms with Crippen LogP contribution in [0.5, 0.6) is 0 Å². The third kappa shape index (κ3) is 2.93. The fourth-order valence-electron chi connectivity index (χ4n) is 2.04. The Kier molecular flexibility index (Phi) is 3.85. The van der Waals surface area contributed by atoms with E-state index in [-0.39, 0.29) is 11.5 Å². The lowest BCUT2D eigenvalue weighted by molar-refractivity contribution is 0.101. The fraction of sp³-hybridized carbons (Fsp3) is 0.429. The van der Waals surface area contributed by atoms with Crippen LogP contribution in [0.2, 0.25) is 0 Å². The summed E-state index contributed by atoms with van der Waals surface area (Å²) in [6, 6.07) is 5.12. The largest absolute Gasteiger partial charge is 0.419 e. The summed E-state index contributed by atoms with van der Waals surface area (Å²) >= 11 is 0. The van der Waals surface area contributed by atoms with Crippen LogP contribution in [0.4, 0.5) is 0 Å². The van der Waals surface area contributed by atoms with E-state index in [9.17, 15) is 9.59 Å². The molecule has 0 unspecified atom stereocenters. The van der Waals surface area contributed by atoms with Gasteiger partial charge < -0.3 is 9.32 Å². The van der Waals surface area contributed by atoms with Crippen molar-refractivity contribution in [1.82, 2.24) is 9.47 Å². The molecule has 2 aromatic rings. The summed E-state index contributed by atoms with van der Waals surface area (Å²) in [5.41, 5.74) is 1.78. The van der Waals surface area contributed by atoms with E-state index in [1.807, 2.05) is 14.1 Å². The van der Waals surface area contributed by atoms with E-state index >= 15 is 0 Å². The lowest BCUT2D eigenvalue weighted by Crippen LogP contribution is -2.19. The Balaban J connectivity index is 2.32. The Labute approximate surface area is 111 Å². The van der Waals surface area contributed by atoms with E-state index < -0.39 is 0 Å². The minimum Gasteiger partial charge on any atom is -0.408 e. The van der Waals surface area contributed by atoms with E-state index in [1.54, 1.807) is 22.8 Å². The second kappa shape index (κ2) is 5.40. The molecule has 1 heterocycles. The predicted octanol–water partition coefficient (Wildman–Crippen LogP) is 1.75. The highest BCUT2D eigenvalue weighted by Crippen LogP contribution is 2.15. The predicted molar refractivity (Wildman–Crippen MR) is 73.6 cm³/mol. The maximum Gasteiger partial charge on any atom is 0.419 e. The molecule has 0 atom stereocenters. The number of carbonyl (C=O) groups excluding carboxylic acids is 1. The monoisotopic (exact) mass is 262 g/mol. The summed E-state index contributed by atoms with van der Waals surface area (Å²) in [4.78, 5) is 25.2. The van der Waals surface area contributed by atoms with Gasteiger partial charge in [0.05, 0.1) is 5.52 Å². The highest BCUT2D eigenvalue weighted by atomic mass is 16.4. The van der Waals surface area contributed by atoms with Crippen LogP contribution in [-0.4, -0.2) is 35.9 Å². The lowest BCUT2D eigenvalue weighted by Gasteiger charge is -2.08. The summed E-state index contributed by atoms with van der Waals surface area (Å²) in [5.74, 6) is -0.403. The van der Waals surface area contributed by atoms with Crippen molar-refractivity contribution in [1.29, 1.82) is 0 Å². The van der Waals surface area contributed by atoms with Gasteiger partial charge in [-0.3, -0.25) is 9.36 Å². The number of aromatic nitrogens is 1. The molecule has 0 spiro atoms. The van der Waals surface area contributed by atoms with Crippen molar-refractivity contribution in [3.8, 4) is 0 Å². The van der Waals surface area contributed by atoms with Gasteiger partial charge in [0.15, 0.2) is 11.4 Å². The first kappa shape index (κ1) is 13.5. The zero-order valence-corrected chi connectivity index (χ0v) is 11.5. The Bertz CT molecular complexity index is 652. The number of aryl methyl sites for hydroxylation is 1. The van der Waals surface area contributed by atoms with Gasteiger partial charge in [-0.1, -0.05) is 0 Å². The first-order valence-corrected chi connectivity index (χ1v) is 6.28. The van der Waals surface area contributed by atoms with Crippen LogP contribution in [-0.2, 0) is 6.54 Å². The number of hydrogen-bond acceptors (Lipinski definition) is 4. The number of benzene rings is 1. The Morgan fingerprint density at radius 1 is 1.37 bits per heavy atom. The van der Waals surface area contributed by atoms with Crippen LogP contribution in [0, 0.1) is 0 Å². The van der Waals surface area contributed by atoms with Crippen molar-refractivity contribution in [2.75, 3.05) is 20.6 Å². The van der Waals surface area contributed by atoms with E-state index in [0.29, 0.717) is 17.7 Å². The number of fused-ring (bicyclic) bond motifs is 1. The Morgan fingerprint density at radius 3 is 2.74 bits per heavy atom. The Hall–Kier alpha value is -1.88. The van der Waals surface area contributed by atoms with Crippen molar-refractivity contribution < 1.29 is 9.21 Å². The summed E-state index contributed by atoms with van der Waals surface area (Å²) < 4.78 is 6.80. The molecule has 0 aliphatic carbocycles. The van der Waals surface area contributed by atoms with Gasteiger partial charge in [-0.25, -0.2) is 4.79 Å². The lowest BCUT2D eigenvalue weighted by atomic mass is 10.1. The minimum absolute atomic E-state index is 0.0371. The van der Waals surface area contributed by atoms with Gasteiger partial charge in [-0.2, -0.15) is 0 Å². The van der Waals surface area contributed by atoms with Gasteiger partial charge in [0, 0.05) is 12.1 Å². The quantitative estimate of drug-likeness (QED) is 0.770. The number of nitrogens with zero attached hydrogens (tertiary/aromatic N) is 2. The van der Waals surface area contributed by atoms with Crippen molar-refractivity contribution in [3.05, 3.63) is 34.3 Å². The van der Waals surface area contributed by atoms with Crippen LogP contribution in [0.25, 0.3) is 11.1 Å². The fourth-order valence-corrected chi connectivity index (χ4v) is 2.04. The van der Waals surface area contributed by atoms with Crippen LogP contribution >= 0.6 is 0 Å². The molecule has 2 rings (SSSR count). The second-order valence-electron chi connectivity index (χ2n) is 4.92. The molecule has 0 saturated heterocycles. The number of hydrogen-bond donors (Lipinski definition) is 0. The van der Waals surface area contributed by atoms with Gasteiger partial charge >= 0.3 is 5.76 Å². The van der Waals surface area contributed by atoms with Crippen LogP contribution in [0.3, 0.4) is 0 Å². The third-order valence-electron chi connectivity index (χ3n) is 3.06. The van der Waals surface area contributed by atoms with E-state index in [1.165, 1.54) is 6.92 Å². The third-order valence-corrected chi connectivity index (χ3v) is 3.06. The van der Waals surface area contributed by atoms with Gasteiger partial charge in [0.2, 0.25) is 0 Å². The minimum atomic E-state index is -0.366. The molecule has 0 amide bonds. The summed E-state index contributed by atoms with van der Waals surface area (Å²) in [7, 11) is 3.99. The molecule has 1 aromatic heterocycles. The molecule has 0 radical (unpaired) electrons. The van der Waals surface area contributed by atoms with Crippen LogP contribution in [0.15, 0.2) is 27.4 Å². The van der Waals surface area contributed by atoms with Gasteiger partial charge in [0.25, 0.3) is 0 Å². The van der Waals surface area contributed by atoms with Crippen molar-refractivity contribution in [3.63, 3.8) is 0 Å². The molecule has 0 saturated carbocycles. The number of oxazole rings is 1. The molecule has 1 aromatic carbocycles. The van der Waals surface area contributed by atoms with E-state index in [2.05, 4.69) is 4.90 Å². The number of rotatable bonds is 5. The smallest absolute Gasteiger partial charge is 0.408 e. The molecule has 0 aliphatic heterocycles. The highest BCUT2D eigenvalue weighted by molar-refractivity contribution is 5.96.